The highest BCUT2D eigenvalue weighted by atomic mass is 15.2. The Morgan fingerprint density at radius 2 is 1.94 bits per heavy atom. The second-order valence-electron chi connectivity index (χ2n) is 5.72. The number of hydrogen-bond donors (Lipinski definition) is 1. The van der Waals surface area contributed by atoms with Gasteiger partial charge >= 0.3 is 0 Å². The van der Waals surface area contributed by atoms with Crippen molar-refractivity contribution in [3.8, 4) is 0 Å². The number of rotatable bonds is 5. The average molecular weight is 226 g/mol. The lowest BCUT2D eigenvalue weighted by atomic mass is 9.83. The van der Waals surface area contributed by atoms with E-state index in [0.29, 0.717) is 6.04 Å². The van der Waals surface area contributed by atoms with E-state index in [4.69, 9.17) is 5.73 Å². The van der Waals surface area contributed by atoms with Gasteiger partial charge in [0.25, 0.3) is 0 Å². The second kappa shape index (κ2) is 6.02. The molecule has 0 amide bonds. The summed E-state index contributed by atoms with van der Waals surface area (Å²) in [5, 5.41) is 0. The topological polar surface area (TPSA) is 29.3 Å². The fraction of sp³-hybridized carbons (Fsp3) is 1.00. The van der Waals surface area contributed by atoms with Gasteiger partial charge in [0, 0.05) is 24.7 Å². The number of hydrogen-bond acceptors (Lipinski definition) is 2. The molecule has 1 aliphatic rings. The summed E-state index contributed by atoms with van der Waals surface area (Å²) in [5.74, 6) is 0.838. The van der Waals surface area contributed by atoms with E-state index < -0.39 is 0 Å². The Balaban J connectivity index is 2.82. The predicted octanol–water partition coefficient (Wildman–Crippen LogP) is 3.01. The van der Waals surface area contributed by atoms with Crippen molar-refractivity contribution in [3.63, 3.8) is 0 Å². The molecule has 0 aromatic heterocycles. The summed E-state index contributed by atoms with van der Waals surface area (Å²) in [7, 11) is 0. The van der Waals surface area contributed by atoms with Crippen LogP contribution in [-0.4, -0.2) is 29.6 Å². The van der Waals surface area contributed by atoms with Crippen LogP contribution in [0.3, 0.4) is 0 Å². The van der Waals surface area contributed by atoms with E-state index in [2.05, 4.69) is 32.6 Å². The van der Waals surface area contributed by atoms with Crippen LogP contribution in [0, 0.1) is 5.92 Å². The SMILES string of the molecule is CCCC(CC)(CN)N1CC(C)CCC1C. The van der Waals surface area contributed by atoms with Crippen LogP contribution in [0.2, 0.25) is 0 Å². The monoisotopic (exact) mass is 226 g/mol. The van der Waals surface area contributed by atoms with E-state index >= 15 is 0 Å². The Bertz CT molecular complexity index is 199. The maximum absolute atomic E-state index is 6.10. The quantitative estimate of drug-likeness (QED) is 0.781. The summed E-state index contributed by atoms with van der Waals surface area (Å²) in [5.41, 5.74) is 6.37. The maximum Gasteiger partial charge on any atom is 0.0331 e. The van der Waals surface area contributed by atoms with Crippen LogP contribution >= 0.6 is 0 Å². The molecule has 2 N–H and O–H groups in total. The molecule has 0 radical (unpaired) electrons. The first-order valence-corrected chi connectivity index (χ1v) is 7.06. The average Bonchev–Trinajstić information content (AvgIpc) is 2.30. The number of nitrogens with zero attached hydrogens (tertiary/aromatic N) is 1. The molecule has 96 valence electrons. The van der Waals surface area contributed by atoms with Gasteiger partial charge in [0.05, 0.1) is 0 Å². The highest BCUT2D eigenvalue weighted by molar-refractivity contribution is 4.95. The van der Waals surface area contributed by atoms with Crippen molar-refractivity contribution >= 4 is 0 Å². The minimum atomic E-state index is 0.267. The molecule has 0 saturated carbocycles. The molecule has 1 rings (SSSR count). The van der Waals surface area contributed by atoms with Gasteiger partial charge in [0.15, 0.2) is 0 Å². The third-order valence-electron chi connectivity index (χ3n) is 4.48. The maximum atomic E-state index is 6.10. The summed E-state index contributed by atoms with van der Waals surface area (Å²) < 4.78 is 0. The summed E-state index contributed by atoms with van der Waals surface area (Å²) in [6.07, 6.45) is 6.40. The van der Waals surface area contributed by atoms with Gasteiger partial charge in [0.1, 0.15) is 0 Å². The van der Waals surface area contributed by atoms with Gasteiger partial charge in [-0.15, -0.1) is 0 Å². The smallest absolute Gasteiger partial charge is 0.0331 e. The normalized spacial score (nSPS) is 31.3. The standard InChI is InChI=1S/C14H30N2/c1-5-9-14(6-2,11-15)16-10-12(3)7-8-13(16)4/h12-13H,5-11,15H2,1-4H3. The van der Waals surface area contributed by atoms with E-state index in [1.54, 1.807) is 0 Å². The molecular weight excluding hydrogens is 196 g/mol. The lowest BCUT2D eigenvalue weighted by Gasteiger charge is -2.50. The van der Waals surface area contributed by atoms with Crippen molar-refractivity contribution in [1.82, 2.24) is 4.90 Å². The molecule has 3 unspecified atom stereocenters. The van der Waals surface area contributed by atoms with Crippen LogP contribution < -0.4 is 5.73 Å². The molecule has 0 aliphatic carbocycles. The van der Waals surface area contributed by atoms with Gasteiger partial charge < -0.3 is 5.73 Å². The van der Waals surface area contributed by atoms with E-state index in [1.165, 1.54) is 38.6 Å². The minimum absolute atomic E-state index is 0.267. The zero-order valence-electron chi connectivity index (χ0n) is 11.6. The Labute approximate surface area is 102 Å². The molecule has 0 aromatic rings. The Morgan fingerprint density at radius 1 is 1.25 bits per heavy atom. The zero-order valence-corrected chi connectivity index (χ0v) is 11.6. The zero-order chi connectivity index (χ0) is 12.2. The molecule has 0 bridgehead atoms. The Hall–Kier alpha value is -0.0800. The molecular formula is C14H30N2. The van der Waals surface area contributed by atoms with Gasteiger partial charge in [0.2, 0.25) is 0 Å². The first kappa shape index (κ1) is 14.0. The van der Waals surface area contributed by atoms with Crippen molar-refractivity contribution < 1.29 is 0 Å². The molecule has 2 nitrogen and oxygen atoms in total. The highest BCUT2D eigenvalue weighted by Gasteiger charge is 2.38. The molecule has 1 saturated heterocycles. The molecule has 1 aliphatic heterocycles. The van der Waals surface area contributed by atoms with Crippen molar-refractivity contribution in [2.45, 2.75) is 71.4 Å². The second-order valence-corrected chi connectivity index (χ2v) is 5.72. The van der Waals surface area contributed by atoms with Gasteiger partial charge in [-0.25, -0.2) is 0 Å². The Kier molecular flexibility index (Phi) is 5.26. The Morgan fingerprint density at radius 3 is 2.44 bits per heavy atom. The van der Waals surface area contributed by atoms with E-state index in [1.807, 2.05) is 0 Å². The first-order valence-electron chi connectivity index (χ1n) is 7.06. The van der Waals surface area contributed by atoms with Crippen molar-refractivity contribution in [3.05, 3.63) is 0 Å². The first-order chi connectivity index (χ1) is 7.59. The molecule has 1 fully saturated rings. The van der Waals surface area contributed by atoms with E-state index in [0.717, 1.165) is 12.5 Å². The summed E-state index contributed by atoms with van der Waals surface area (Å²) in [6, 6.07) is 0.714. The van der Waals surface area contributed by atoms with Gasteiger partial charge in [-0.05, 0) is 38.5 Å². The fourth-order valence-corrected chi connectivity index (χ4v) is 3.30. The molecule has 16 heavy (non-hydrogen) atoms. The van der Waals surface area contributed by atoms with Crippen molar-refractivity contribution in [2.75, 3.05) is 13.1 Å². The van der Waals surface area contributed by atoms with Crippen LogP contribution in [0.25, 0.3) is 0 Å². The molecule has 2 heteroatoms. The predicted molar refractivity (Wildman–Crippen MR) is 71.6 cm³/mol. The lowest BCUT2D eigenvalue weighted by molar-refractivity contribution is 0.00158. The molecule has 0 aromatic carbocycles. The van der Waals surface area contributed by atoms with Crippen molar-refractivity contribution in [1.29, 1.82) is 0 Å². The third-order valence-corrected chi connectivity index (χ3v) is 4.48. The van der Waals surface area contributed by atoms with E-state index in [9.17, 15) is 0 Å². The fourth-order valence-electron chi connectivity index (χ4n) is 3.30. The van der Waals surface area contributed by atoms with Crippen LogP contribution in [0.15, 0.2) is 0 Å². The largest absolute Gasteiger partial charge is 0.329 e. The number of nitrogens with two attached hydrogens (primary N) is 1. The van der Waals surface area contributed by atoms with Crippen LogP contribution in [-0.2, 0) is 0 Å². The van der Waals surface area contributed by atoms with Gasteiger partial charge in [-0.3, -0.25) is 4.90 Å². The number of piperidine rings is 1. The summed E-state index contributed by atoms with van der Waals surface area (Å²) in [6.45, 7) is 11.4. The summed E-state index contributed by atoms with van der Waals surface area (Å²) in [4.78, 5) is 2.71. The summed E-state index contributed by atoms with van der Waals surface area (Å²) >= 11 is 0. The van der Waals surface area contributed by atoms with Crippen LogP contribution in [0.4, 0.5) is 0 Å². The number of likely N-dealkylation sites (tertiary alicyclic amines) is 1. The minimum Gasteiger partial charge on any atom is -0.329 e. The molecule has 1 heterocycles. The molecule has 0 spiro atoms. The third kappa shape index (κ3) is 2.78. The van der Waals surface area contributed by atoms with Crippen LogP contribution in [0.5, 0.6) is 0 Å². The highest BCUT2D eigenvalue weighted by Crippen LogP contribution is 2.33. The molecule has 3 atom stereocenters. The van der Waals surface area contributed by atoms with Crippen LogP contribution in [0.1, 0.15) is 59.8 Å². The lowest BCUT2D eigenvalue weighted by Crippen LogP contribution is -2.59. The van der Waals surface area contributed by atoms with Gasteiger partial charge in [-0.1, -0.05) is 27.2 Å². The van der Waals surface area contributed by atoms with Crippen molar-refractivity contribution in [2.24, 2.45) is 11.7 Å². The van der Waals surface area contributed by atoms with E-state index in [-0.39, 0.29) is 5.54 Å². The van der Waals surface area contributed by atoms with Gasteiger partial charge in [-0.2, -0.15) is 0 Å².